The van der Waals surface area contributed by atoms with Crippen LogP contribution in [0, 0.1) is 24.1 Å². The Hall–Kier alpha value is -2.49. The van der Waals surface area contributed by atoms with Crippen LogP contribution >= 0.6 is 0 Å². The molecule has 136 valence electrons. The molecule has 0 aliphatic carbocycles. The molecular formula is C20H23FN4O. The standard InChI is InChI=1S/C20H23FN4O/c1-3-24-6-8-25(9-7-24)13-16-5-4-15(11-19(16)21)17-10-14(2)23-20(26)18(17)12-22/h4-5,10-11H,3,6-9,13H2,1-2H3,(H,23,26). The van der Waals surface area contributed by atoms with Crippen molar-refractivity contribution in [3.05, 3.63) is 57.3 Å². The highest BCUT2D eigenvalue weighted by Crippen LogP contribution is 2.25. The molecule has 1 aromatic carbocycles. The number of aryl methyl sites for hydroxylation is 1. The van der Waals surface area contributed by atoms with E-state index in [2.05, 4.69) is 21.7 Å². The predicted molar refractivity (Wildman–Crippen MR) is 99.3 cm³/mol. The number of likely N-dealkylation sites (N-methyl/N-ethyl adjacent to an activating group) is 1. The second-order valence-corrected chi connectivity index (χ2v) is 6.70. The number of halogens is 1. The molecule has 6 heteroatoms. The first-order chi connectivity index (χ1) is 12.5. The Morgan fingerprint density at radius 1 is 1.19 bits per heavy atom. The molecule has 0 radical (unpaired) electrons. The Bertz CT molecular complexity index is 892. The van der Waals surface area contributed by atoms with E-state index < -0.39 is 5.56 Å². The van der Waals surface area contributed by atoms with Crippen molar-refractivity contribution in [2.75, 3.05) is 32.7 Å². The van der Waals surface area contributed by atoms with Crippen molar-refractivity contribution in [1.29, 1.82) is 5.26 Å². The first-order valence-corrected chi connectivity index (χ1v) is 8.89. The number of nitriles is 1. The highest BCUT2D eigenvalue weighted by Gasteiger charge is 2.18. The van der Waals surface area contributed by atoms with E-state index in [9.17, 15) is 14.4 Å². The predicted octanol–water partition coefficient (Wildman–Crippen LogP) is 2.50. The number of rotatable bonds is 4. The van der Waals surface area contributed by atoms with Crippen LogP contribution in [0.1, 0.15) is 23.7 Å². The smallest absolute Gasteiger partial charge is 0.266 e. The summed E-state index contributed by atoms with van der Waals surface area (Å²) in [5.74, 6) is -0.303. The molecule has 0 spiro atoms. The fourth-order valence-electron chi connectivity index (χ4n) is 3.37. The Morgan fingerprint density at radius 3 is 2.50 bits per heavy atom. The summed E-state index contributed by atoms with van der Waals surface area (Å²) < 4.78 is 14.7. The second kappa shape index (κ2) is 7.81. The monoisotopic (exact) mass is 354 g/mol. The lowest BCUT2D eigenvalue weighted by molar-refractivity contribution is 0.131. The summed E-state index contributed by atoms with van der Waals surface area (Å²) in [5, 5.41) is 9.26. The van der Waals surface area contributed by atoms with Crippen molar-refractivity contribution in [2.45, 2.75) is 20.4 Å². The number of benzene rings is 1. The minimum Gasteiger partial charge on any atom is -0.325 e. The fourth-order valence-corrected chi connectivity index (χ4v) is 3.37. The van der Waals surface area contributed by atoms with E-state index >= 15 is 0 Å². The summed E-state index contributed by atoms with van der Waals surface area (Å²) in [5.41, 5.74) is 1.86. The minimum absolute atomic E-state index is 0.0124. The number of piperazine rings is 1. The fraction of sp³-hybridized carbons (Fsp3) is 0.400. The Balaban J connectivity index is 1.83. The van der Waals surface area contributed by atoms with Crippen molar-refractivity contribution in [3.8, 4) is 17.2 Å². The molecule has 0 saturated carbocycles. The maximum Gasteiger partial charge on any atom is 0.266 e. The van der Waals surface area contributed by atoms with Gasteiger partial charge in [-0.1, -0.05) is 19.1 Å². The zero-order chi connectivity index (χ0) is 18.7. The van der Waals surface area contributed by atoms with E-state index in [0.717, 1.165) is 32.7 Å². The number of pyridine rings is 1. The lowest BCUT2D eigenvalue weighted by Gasteiger charge is -2.34. The third kappa shape index (κ3) is 3.85. The van der Waals surface area contributed by atoms with E-state index in [1.54, 1.807) is 25.1 Å². The zero-order valence-corrected chi connectivity index (χ0v) is 15.2. The van der Waals surface area contributed by atoms with E-state index in [0.29, 0.717) is 28.9 Å². The molecular weight excluding hydrogens is 331 g/mol. The normalized spacial score (nSPS) is 15.8. The minimum atomic E-state index is -0.444. The van der Waals surface area contributed by atoms with Crippen molar-refractivity contribution < 1.29 is 4.39 Å². The van der Waals surface area contributed by atoms with Gasteiger partial charge < -0.3 is 9.88 Å². The Morgan fingerprint density at radius 2 is 1.88 bits per heavy atom. The molecule has 0 atom stereocenters. The van der Waals surface area contributed by atoms with Gasteiger partial charge >= 0.3 is 0 Å². The Kier molecular flexibility index (Phi) is 5.50. The second-order valence-electron chi connectivity index (χ2n) is 6.70. The molecule has 1 aliphatic heterocycles. The van der Waals surface area contributed by atoms with Gasteiger partial charge in [0.05, 0.1) is 0 Å². The van der Waals surface area contributed by atoms with Gasteiger partial charge in [-0.15, -0.1) is 0 Å². The molecule has 0 bridgehead atoms. The molecule has 1 aliphatic rings. The summed E-state index contributed by atoms with van der Waals surface area (Å²) in [7, 11) is 0. The van der Waals surface area contributed by atoms with Crippen molar-refractivity contribution in [1.82, 2.24) is 14.8 Å². The molecule has 3 rings (SSSR count). The van der Waals surface area contributed by atoms with Crippen LogP contribution in [0.5, 0.6) is 0 Å². The maximum atomic E-state index is 14.7. The zero-order valence-electron chi connectivity index (χ0n) is 15.2. The number of aromatic nitrogens is 1. The lowest BCUT2D eigenvalue weighted by atomic mass is 9.99. The molecule has 1 fully saturated rings. The first kappa shape index (κ1) is 18.3. The van der Waals surface area contributed by atoms with Gasteiger partial charge in [0.2, 0.25) is 0 Å². The molecule has 1 N–H and O–H groups in total. The van der Waals surface area contributed by atoms with Crippen molar-refractivity contribution in [3.63, 3.8) is 0 Å². The lowest BCUT2D eigenvalue weighted by Crippen LogP contribution is -2.45. The number of hydrogen-bond acceptors (Lipinski definition) is 4. The van der Waals surface area contributed by atoms with Gasteiger partial charge in [0.25, 0.3) is 5.56 Å². The summed E-state index contributed by atoms with van der Waals surface area (Å²) in [6, 6.07) is 8.60. The van der Waals surface area contributed by atoms with E-state index in [-0.39, 0.29) is 11.4 Å². The third-order valence-corrected chi connectivity index (χ3v) is 4.95. The molecule has 2 heterocycles. The van der Waals surface area contributed by atoms with Crippen molar-refractivity contribution in [2.24, 2.45) is 0 Å². The summed E-state index contributed by atoms with van der Waals surface area (Å²) in [6.07, 6.45) is 0. The average Bonchev–Trinajstić information content (AvgIpc) is 2.63. The highest BCUT2D eigenvalue weighted by atomic mass is 19.1. The number of H-pyrrole nitrogens is 1. The van der Waals surface area contributed by atoms with E-state index in [1.165, 1.54) is 6.07 Å². The van der Waals surface area contributed by atoms with Crippen LogP contribution in [0.4, 0.5) is 4.39 Å². The molecule has 1 aromatic heterocycles. The summed E-state index contributed by atoms with van der Waals surface area (Å²) in [6.45, 7) is 9.40. The maximum absolute atomic E-state index is 14.7. The number of nitrogens with zero attached hydrogens (tertiary/aromatic N) is 3. The summed E-state index contributed by atoms with van der Waals surface area (Å²) >= 11 is 0. The molecule has 0 amide bonds. The van der Waals surface area contributed by atoms with Crippen LogP contribution in [-0.4, -0.2) is 47.5 Å². The van der Waals surface area contributed by atoms with Gasteiger partial charge in [0.1, 0.15) is 17.4 Å². The Labute approximate surface area is 152 Å². The van der Waals surface area contributed by atoms with E-state index in [1.807, 2.05) is 6.07 Å². The third-order valence-electron chi connectivity index (χ3n) is 4.95. The largest absolute Gasteiger partial charge is 0.325 e. The topological polar surface area (TPSA) is 63.1 Å². The quantitative estimate of drug-likeness (QED) is 0.916. The van der Waals surface area contributed by atoms with Gasteiger partial charge in [-0.25, -0.2) is 4.39 Å². The van der Waals surface area contributed by atoms with Gasteiger partial charge in [-0.3, -0.25) is 9.69 Å². The molecule has 26 heavy (non-hydrogen) atoms. The highest BCUT2D eigenvalue weighted by molar-refractivity contribution is 5.70. The van der Waals surface area contributed by atoms with Crippen LogP contribution in [0.15, 0.2) is 29.1 Å². The van der Waals surface area contributed by atoms with Crippen molar-refractivity contribution >= 4 is 0 Å². The van der Waals surface area contributed by atoms with Gasteiger partial charge in [-0.2, -0.15) is 5.26 Å². The molecule has 2 aromatic rings. The molecule has 5 nitrogen and oxygen atoms in total. The number of hydrogen-bond donors (Lipinski definition) is 1. The van der Waals surface area contributed by atoms with Crippen LogP contribution in [-0.2, 0) is 6.54 Å². The van der Waals surface area contributed by atoms with Gasteiger partial charge in [0, 0.05) is 49.5 Å². The van der Waals surface area contributed by atoms with Crippen LogP contribution in [0.25, 0.3) is 11.1 Å². The first-order valence-electron chi connectivity index (χ1n) is 8.89. The number of nitrogens with one attached hydrogen (secondary N) is 1. The van der Waals surface area contributed by atoms with Crippen LogP contribution in [0.2, 0.25) is 0 Å². The average molecular weight is 354 g/mol. The summed E-state index contributed by atoms with van der Waals surface area (Å²) in [4.78, 5) is 19.2. The number of aromatic amines is 1. The van der Waals surface area contributed by atoms with Crippen LogP contribution in [0.3, 0.4) is 0 Å². The molecule has 1 saturated heterocycles. The van der Waals surface area contributed by atoms with Gasteiger partial charge in [0.15, 0.2) is 0 Å². The molecule has 0 unspecified atom stereocenters. The van der Waals surface area contributed by atoms with Crippen LogP contribution < -0.4 is 5.56 Å². The SMILES string of the molecule is CCN1CCN(Cc2ccc(-c3cc(C)[nH]c(=O)c3C#N)cc2F)CC1. The van der Waals surface area contributed by atoms with Gasteiger partial charge in [-0.05, 0) is 31.2 Å². The van der Waals surface area contributed by atoms with E-state index in [4.69, 9.17) is 0 Å².